The van der Waals surface area contributed by atoms with E-state index in [1.165, 1.54) is 13.2 Å². The Morgan fingerprint density at radius 2 is 1.66 bits per heavy atom. The first kappa shape index (κ1) is 20.5. The van der Waals surface area contributed by atoms with E-state index in [0.29, 0.717) is 11.3 Å². The Morgan fingerprint density at radius 3 is 2.44 bits per heavy atom. The second-order valence-corrected chi connectivity index (χ2v) is 9.90. The molecule has 1 aromatic heterocycles. The molecule has 5 rings (SSSR count). The first-order valence-electron chi connectivity index (χ1n) is 10.3. The van der Waals surface area contributed by atoms with E-state index >= 15 is 0 Å². The van der Waals surface area contributed by atoms with E-state index < -0.39 is 21.2 Å². The maximum absolute atomic E-state index is 13.5. The van der Waals surface area contributed by atoms with Crippen LogP contribution < -0.4 is 0 Å². The van der Waals surface area contributed by atoms with Crippen LogP contribution in [0.5, 0.6) is 0 Å². The average molecular weight is 444 g/mol. The van der Waals surface area contributed by atoms with Gasteiger partial charge in [0.25, 0.3) is 0 Å². The third-order valence-corrected chi connectivity index (χ3v) is 8.05. The van der Waals surface area contributed by atoms with E-state index in [2.05, 4.69) is 4.98 Å². The van der Waals surface area contributed by atoms with Crippen LogP contribution in [0.4, 0.5) is 0 Å². The zero-order chi connectivity index (χ0) is 22.3. The van der Waals surface area contributed by atoms with Gasteiger partial charge in [-0.1, -0.05) is 60.7 Å². The predicted octanol–water partition coefficient (Wildman–Crippen LogP) is 4.70. The summed E-state index contributed by atoms with van der Waals surface area (Å²) in [6.45, 7) is 0. The van der Waals surface area contributed by atoms with Crippen molar-refractivity contribution in [2.75, 3.05) is 7.11 Å². The number of ketones is 1. The summed E-state index contributed by atoms with van der Waals surface area (Å²) in [5.41, 5.74) is 2.10. The standard InChI is InChI=1S/C26H21NO4S/c1-31-26-21(15-17-7-3-2-4-8-17)25(28)20-16-19(12-14-24(20)32(26,29)30)23-13-11-18-9-5-6-10-22(18)27-23/h2-14,16,21,26H,15H2,1H3. The minimum atomic E-state index is -3.83. The summed E-state index contributed by atoms with van der Waals surface area (Å²) in [5, 5.41) is 1.01. The maximum Gasteiger partial charge on any atom is 0.206 e. The second kappa shape index (κ2) is 7.97. The number of hydrogen-bond acceptors (Lipinski definition) is 5. The van der Waals surface area contributed by atoms with Gasteiger partial charge in [0, 0.05) is 23.6 Å². The van der Waals surface area contributed by atoms with E-state index in [9.17, 15) is 13.2 Å². The van der Waals surface area contributed by atoms with Crippen LogP contribution in [0.2, 0.25) is 0 Å². The third-order valence-electron chi connectivity index (χ3n) is 5.95. The molecule has 2 atom stereocenters. The van der Waals surface area contributed by atoms with E-state index in [0.717, 1.165) is 16.5 Å². The zero-order valence-electron chi connectivity index (χ0n) is 17.4. The van der Waals surface area contributed by atoms with Gasteiger partial charge < -0.3 is 4.74 Å². The Bertz CT molecular complexity index is 1430. The molecule has 160 valence electrons. The number of aromatic nitrogens is 1. The molecule has 5 nitrogen and oxygen atoms in total. The number of hydrogen-bond donors (Lipinski definition) is 0. The molecule has 0 saturated carbocycles. The summed E-state index contributed by atoms with van der Waals surface area (Å²) < 4.78 is 32.0. The number of rotatable bonds is 4. The molecular weight excluding hydrogens is 422 g/mol. The summed E-state index contributed by atoms with van der Waals surface area (Å²) in [6, 6.07) is 25.9. The van der Waals surface area contributed by atoms with Crippen molar-refractivity contribution in [3.05, 3.63) is 96.1 Å². The number of pyridine rings is 1. The molecule has 1 aliphatic heterocycles. The summed E-state index contributed by atoms with van der Waals surface area (Å²) in [5.74, 6) is -1.05. The van der Waals surface area contributed by atoms with Gasteiger partial charge >= 0.3 is 0 Å². The lowest BCUT2D eigenvalue weighted by Crippen LogP contribution is -2.43. The highest BCUT2D eigenvalue weighted by Crippen LogP contribution is 2.37. The molecule has 0 aliphatic carbocycles. The normalized spacial score (nSPS) is 19.6. The summed E-state index contributed by atoms with van der Waals surface area (Å²) in [6.07, 6.45) is 0.287. The first-order chi connectivity index (χ1) is 15.5. The molecule has 4 aromatic rings. The Balaban J connectivity index is 1.61. The monoisotopic (exact) mass is 443 g/mol. The predicted molar refractivity (Wildman–Crippen MR) is 123 cm³/mol. The van der Waals surface area contributed by atoms with Gasteiger partial charge in [0.1, 0.15) is 0 Å². The minimum Gasteiger partial charge on any atom is -0.364 e. The fourth-order valence-electron chi connectivity index (χ4n) is 4.37. The quantitative estimate of drug-likeness (QED) is 0.457. The van der Waals surface area contributed by atoms with Gasteiger partial charge in [0.05, 0.1) is 22.0 Å². The molecule has 0 spiro atoms. The molecule has 0 N–H and O–H groups in total. The van der Waals surface area contributed by atoms with Crippen LogP contribution in [-0.4, -0.2) is 31.7 Å². The van der Waals surface area contributed by atoms with E-state index in [1.807, 2.05) is 66.7 Å². The highest BCUT2D eigenvalue weighted by molar-refractivity contribution is 7.92. The summed E-state index contributed by atoms with van der Waals surface area (Å²) in [7, 11) is -2.49. The number of sulfone groups is 1. The van der Waals surface area contributed by atoms with E-state index in [-0.39, 0.29) is 22.7 Å². The Morgan fingerprint density at radius 1 is 0.906 bits per heavy atom. The van der Waals surface area contributed by atoms with Crippen molar-refractivity contribution in [3.63, 3.8) is 0 Å². The Labute approximate surface area is 186 Å². The van der Waals surface area contributed by atoms with Crippen LogP contribution >= 0.6 is 0 Å². The number of benzene rings is 3. The number of fused-ring (bicyclic) bond motifs is 2. The molecule has 0 radical (unpaired) electrons. The molecule has 6 heteroatoms. The van der Waals surface area contributed by atoms with Crippen LogP contribution in [0.25, 0.3) is 22.2 Å². The SMILES string of the molecule is COC1C(Cc2ccccc2)C(=O)c2cc(-c3ccc4ccccc4n3)ccc2S1(=O)=O. The molecule has 2 heterocycles. The van der Waals surface area contributed by atoms with Crippen molar-refractivity contribution < 1.29 is 17.9 Å². The molecule has 2 unspecified atom stereocenters. The number of ether oxygens (including phenoxy) is 1. The van der Waals surface area contributed by atoms with Gasteiger partial charge in [0.15, 0.2) is 11.2 Å². The van der Waals surface area contributed by atoms with Crippen molar-refractivity contribution in [1.29, 1.82) is 0 Å². The number of nitrogens with zero attached hydrogens (tertiary/aromatic N) is 1. The zero-order valence-corrected chi connectivity index (χ0v) is 18.2. The minimum absolute atomic E-state index is 0.0169. The average Bonchev–Trinajstić information content (AvgIpc) is 2.82. The van der Waals surface area contributed by atoms with Gasteiger partial charge in [-0.05, 0) is 36.2 Å². The molecular formula is C26H21NO4S. The lowest BCUT2D eigenvalue weighted by Gasteiger charge is -2.31. The third kappa shape index (κ3) is 3.42. The maximum atomic E-state index is 13.5. The molecule has 0 fully saturated rings. The fraction of sp³-hybridized carbons (Fsp3) is 0.154. The number of carbonyl (C=O) groups excluding carboxylic acids is 1. The van der Waals surface area contributed by atoms with Crippen LogP contribution in [0.15, 0.2) is 89.8 Å². The van der Waals surface area contributed by atoms with Crippen molar-refractivity contribution in [1.82, 2.24) is 4.98 Å². The molecule has 0 amide bonds. The smallest absolute Gasteiger partial charge is 0.206 e. The van der Waals surface area contributed by atoms with Crippen molar-refractivity contribution >= 4 is 26.5 Å². The van der Waals surface area contributed by atoms with Crippen molar-refractivity contribution in [3.8, 4) is 11.3 Å². The van der Waals surface area contributed by atoms with E-state index in [1.54, 1.807) is 12.1 Å². The highest BCUT2D eigenvalue weighted by atomic mass is 32.2. The van der Waals surface area contributed by atoms with Crippen molar-refractivity contribution in [2.24, 2.45) is 5.92 Å². The molecule has 0 bridgehead atoms. The lowest BCUT2D eigenvalue weighted by molar-refractivity contribution is 0.0698. The van der Waals surface area contributed by atoms with Crippen LogP contribution in [0.1, 0.15) is 15.9 Å². The summed E-state index contributed by atoms with van der Waals surface area (Å²) in [4.78, 5) is 18.2. The molecule has 1 aliphatic rings. The fourth-order valence-corrected chi connectivity index (χ4v) is 6.25. The van der Waals surface area contributed by atoms with E-state index in [4.69, 9.17) is 4.74 Å². The van der Waals surface area contributed by atoms with Gasteiger partial charge in [-0.25, -0.2) is 13.4 Å². The second-order valence-electron chi connectivity index (χ2n) is 7.91. The highest BCUT2D eigenvalue weighted by Gasteiger charge is 2.46. The van der Waals surface area contributed by atoms with Gasteiger partial charge in [0.2, 0.25) is 9.84 Å². The van der Waals surface area contributed by atoms with Gasteiger partial charge in [-0.3, -0.25) is 4.79 Å². The largest absolute Gasteiger partial charge is 0.364 e. The topological polar surface area (TPSA) is 73.3 Å². The van der Waals surface area contributed by atoms with Crippen LogP contribution in [0, 0.1) is 5.92 Å². The van der Waals surface area contributed by atoms with Crippen LogP contribution in [-0.2, 0) is 21.0 Å². The number of para-hydroxylation sites is 1. The van der Waals surface area contributed by atoms with Gasteiger partial charge in [-0.15, -0.1) is 0 Å². The number of Topliss-reactive ketones (excluding diaryl/α,β-unsaturated/α-hetero) is 1. The molecule has 32 heavy (non-hydrogen) atoms. The summed E-state index contributed by atoms with van der Waals surface area (Å²) >= 11 is 0. The number of methoxy groups -OCH3 is 1. The number of carbonyl (C=O) groups is 1. The Kier molecular flexibility index (Phi) is 5.12. The van der Waals surface area contributed by atoms with Crippen molar-refractivity contribution in [2.45, 2.75) is 16.8 Å². The first-order valence-corrected chi connectivity index (χ1v) is 11.9. The Hall–Kier alpha value is -3.35. The molecule has 3 aromatic carbocycles. The van der Waals surface area contributed by atoms with Gasteiger partial charge in [-0.2, -0.15) is 0 Å². The van der Waals surface area contributed by atoms with Crippen LogP contribution in [0.3, 0.4) is 0 Å². The molecule has 0 saturated heterocycles. The lowest BCUT2D eigenvalue weighted by atomic mass is 9.90.